The molecule has 0 aliphatic heterocycles. The third-order valence-corrected chi connectivity index (χ3v) is 3.45. The standard InChI is InChI=1S/C17H15N3/c1-12(2)14-4-6-15(7-5-14)16-11-20-10-13(9-18)3-8-17(20)19-16/h3-8,10-12H,1-2H3. The van der Waals surface area contributed by atoms with Crippen LogP contribution >= 0.6 is 0 Å². The monoisotopic (exact) mass is 261 g/mol. The highest BCUT2D eigenvalue weighted by Crippen LogP contribution is 2.22. The first kappa shape index (κ1) is 12.4. The molecule has 3 aromatic rings. The number of imidazole rings is 1. The minimum Gasteiger partial charge on any atom is -0.305 e. The highest BCUT2D eigenvalue weighted by molar-refractivity contribution is 5.63. The summed E-state index contributed by atoms with van der Waals surface area (Å²) in [6.07, 6.45) is 3.76. The summed E-state index contributed by atoms with van der Waals surface area (Å²) in [6, 6.07) is 14.3. The zero-order chi connectivity index (χ0) is 14.1. The summed E-state index contributed by atoms with van der Waals surface area (Å²) in [5.74, 6) is 0.531. The van der Waals surface area contributed by atoms with Gasteiger partial charge in [0.2, 0.25) is 0 Å². The van der Waals surface area contributed by atoms with Gasteiger partial charge in [0, 0.05) is 18.0 Å². The van der Waals surface area contributed by atoms with Gasteiger partial charge in [-0.3, -0.25) is 0 Å². The van der Waals surface area contributed by atoms with Gasteiger partial charge in [-0.2, -0.15) is 5.26 Å². The average Bonchev–Trinajstić information content (AvgIpc) is 2.90. The molecule has 3 rings (SSSR count). The number of pyridine rings is 1. The van der Waals surface area contributed by atoms with Crippen LogP contribution in [0.15, 0.2) is 48.8 Å². The second kappa shape index (κ2) is 4.82. The van der Waals surface area contributed by atoms with Crippen molar-refractivity contribution in [3.63, 3.8) is 0 Å². The summed E-state index contributed by atoms with van der Waals surface area (Å²) < 4.78 is 1.89. The van der Waals surface area contributed by atoms with E-state index in [0.29, 0.717) is 11.5 Å². The highest BCUT2D eigenvalue weighted by atomic mass is 15.0. The van der Waals surface area contributed by atoms with Crippen molar-refractivity contribution in [2.24, 2.45) is 0 Å². The maximum Gasteiger partial charge on any atom is 0.137 e. The molecule has 2 heterocycles. The molecule has 0 fully saturated rings. The Balaban J connectivity index is 2.03. The van der Waals surface area contributed by atoms with Gasteiger partial charge in [0.1, 0.15) is 11.7 Å². The zero-order valence-corrected chi connectivity index (χ0v) is 11.5. The Kier molecular flexibility index (Phi) is 3.00. The van der Waals surface area contributed by atoms with E-state index in [0.717, 1.165) is 16.9 Å². The van der Waals surface area contributed by atoms with Crippen molar-refractivity contribution in [3.8, 4) is 17.3 Å². The first-order valence-electron chi connectivity index (χ1n) is 6.66. The maximum absolute atomic E-state index is 8.92. The first-order chi connectivity index (χ1) is 9.67. The highest BCUT2D eigenvalue weighted by Gasteiger charge is 2.06. The molecule has 0 atom stereocenters. The predicted octanol–water partition coefficient (Wildman–Crippen LogP) is 4.00. The van der Waals surface area contributed by atoms with E-state index in [4.69, 9.17) is 5.26 Å². The predicted molar refractivity (Wildman–Crippen MR) is 79.4 cm³/mol. The van der Waals surface area contributed by atoms with Crippen molar-refractivity contribution in [1.82, 2.24) is 9.38 Å². The Hall–Kier alpha value is -2.60. The molecule has 0 amide bonds. The molecule has 0 bridgehead atoms. The Morgan fingerprint density at radius 3 is 2.45 bits per heavy atom. The van der Waals surface area contributed by atoms with E-state index in [9.17, 15) is 0 Å². The number of hydrogen-bond donors (Lipinski definition) is 0. The maximum atomic E-state index is 8.92. The van der Waals surface area contributed by atoms with Crippen LogP contribution in [0, 0.1) is 11.3 Å². The topological polar surface area (TPSA) is 41.1 Å². The number of hydrogen-bond acceptors (Lipinski definition) is 2. The Bertz CT molecular complexity index is 789. The van der Waals surface area contributed by atoms with Gasteiger partial charge in [-0.15, -0.1) is 0 Å². The molecule has 3 heteroatoms. The molecular formula is C17H15N3. The van der Waals surface area contributed by atoms with Crippen molar-refractivity contribution in [1.29, 1.82) is 5.26 Å². The minimum absolute atomic E-state index is 0.531. The molecule has 0 unspecified atom stereocenters. The number of fused-ring (bicyclic) bond motifs is 1. The van der Waals surface area contributed by atoms with Gasteiger partial charge in [0.25, 0.3) is 0 Å². The zero-order valence-electron chi connectivity index (χ0n) is 11.5. The second-order valence-corrected chi connectivity index (χ2v) is 5.20. The van der Waals surface area contributed by atoms with Crippen LogP contribution in [0.1, 0.15) is 30.9 Å². The van der Waals surface area contributed by atoms with Crippen LogP contribution in [-0.4, -0.2) is 9.38 Å². The van der Waals surface area contributed by atoms with Crippen molar-refractivity contribution >= 4 is 5.65 Å². The molecule has 20 heavy (non-hydrogen) atoms. The molecule has 3 nitrogen and oxygen atoms in total. The van der Waals surface area contributed by atoms with E-state index in [2.05, 4.69) is 49.2 Å². The van der Waals surface area contributed by atoms with E-state index < -0.39 is 0 Å². The average molecular weight is 261 g/mol. The second-order valence-electron chi connectivity index (χ2n) is 5.20. The molecule has 0 N–H and O–H groups in total. The van der Waals surface area contributed by atoms with Crippen LogP contribution in [0.25, 0.3) is 16.9 Å². The lowest BCUT2D eigenvalue weighted by Crippen LogP contribution is -1.86. The summed E-state index contributed by atoms with van der Waals surface area (Å²) in [6.45, 7) is 4.37. The number of nitrogens with zero attached hydrogens (tertiary/aromatic N) is 3. The van der Waals surface area contributed by atoms with Crippen molar-refractivity contribution in [2.45, 2.75) is 19.8 Å². The van der Waals surface area contributed by atoms with Gasteiger partial charge in [-0.1, -0.05) is 38.1 Å². The fourth-order valence-electron chi connectivity index (χ4n) is 2.24. The van der Waals surface area contributed by atoms with Crippen LogP contribution in [0.4, 0.5) is 0 Å². The van der Waals surface area contributed by atoms with E-state index in [1.54, 1.807) is 12.3 Å². The fraction of sp³-hybridized carbons (Fsp3) is 0.176. The molecule has 98 valence electrons. The number of nitriles is 1. The van der Waals surface area contributed by atoms with E-state index in [1.807, 2.05) is 16.7 Å². The number of rotatable bonds is 2. The first-order valence-corrected chi connectivity index (χ1v) is 6.66. The van der Waals surface area contributed by atoms with Gasteiger partial charge in [0.05, 0.1) is 11.3 Å². The van der Waals surface area contributed by atoms with Crippen molar-refractivity contribution in [2.75, 3.05) is 0 Å². The third-order valence-electron chi connectivity index (χ3n) is 3.45. The van der Waals surface area contributed by atoms with Gasteiger partial charge >= 0.3 is 0 Å². The molecule has 0 saturated heterocycles. The van der Waals surface area contributed by atoms with Gasteiger partial charge < -0.3 is 4.40 Å². The van der Waals surface area contributed by atoms with E-state index in [-0.39, 0.29) is 0 Å². The van der Waals surface area contributed by atoms with Gasteiger partial charge in [0.15, 0.2) is 0 Å². The van der Waals surface area contributed by atoms with E-state index in [1.165, 1.54) is 5.56 Å². The Morgan fingerprint density at radius 1 is 1.05 bits per heavy atom. The lowest BCUT2D eigenvalue weighted by Gasteiger charge is -2.05. The number of benzene rings is 1. The summed E-state index contributed by atoms with van der Waals surface area (Å²) in [7, 11) is 0. The SMILES string of the molecule is CC(C)c1ccc(-c2cn3cc(C#N)ccc3n2)cc1. The molecule has 0 spiro atoms. The Labute approximate surface area is 118 Å². The van der Waals surface area contributed by atoms with Crippen LogP contribution in [0.2, 0.25) is 0 Å². The van der Waals surface area contributed by atoms with Crippen molar-refractivity contribution < 1.29 is 0 Å². The molecule has 0 aliphatic carbocycles. The van der Waals surface area contributed by atoms with Crippen molar-refractivity contribution in [3.05, 3.63) is 59.9 Å². The normalized spacial score (nSPS) is 10.9. The summed E-state index contributed by atoms with van der Waals surface area (Å²) >= 11 is 0. The summed E-state index contributed by atoms with van der Waals surface area (Å²) in [5, 5.41) is 8.92. The van der Waals surface area contributed by atoms with Gasteiger partial charge in [-0.05, 0) is 23.6 Å². The van der Waals surface area contributed by atoms with Crippen LogP contribution in [-0.2, 0) is 0 Å². The van der Waals surface area contributed by atoms with Gasteiger partial charge in [-0.25, -0.2) is 4.98 Å². The smallest absolute Gasteiger partial charge is 0.137 e. The van der Waals surface area contributed by atoms with Crippen LogP contribution < -0.4 is 0 Å². The molecule has 2 aromatic heterocycles. The lowest BCUT2D eigenvalue weighted by atomic mass is 10.0. The molecule has 1 aromatic carbocycles. The largest absolute Gasteiger partial charge is 0.305 e. The third kappa shape index (κ3) is 2.17. The van der Waals surface area contributed by atoms with E-state index >= 15 is 0 Å². The van der Waals surface area contributed by atoms with Crippen LogP contribution in [0.3, 0.4) is 0 Å². The summed E-state index contributed by atoms with van der Waals surface area (Å²) in [5.41, 5.74) is 4.83. The molecular weight excluding hydrogens is 246 g/mol. The molecule has 0 radical (unpaired) electrons. The quantitative estimate of drug-likeness (QED) is 0.699. The Morgan fingerprint density at radius 2 is 1.80 bits per heavy atom. The molecule has 0 aliphatic rings. The molecule has 0 saturated carbocycles. The summed E-state index contributed by atoms with van der Waals surface area (Å²) in [4.78, 5) is 4.59. The van der Waals surface area contributed by atoms with Crippen LogP contribution in [0.5, 0.6) is 0 Å². The number of aromatic nitrogens is 2. The fourth-order valence-corrected chi connectivity index (χ4v) is 2.24. The minimum atomic E-state index is 0.531. The lowest BCUT2D eigenvalue weighted by molar-refractivity contribution is 0.867.